The van der Waals surface area contributed by atoms with Gasteiger partial charge in [-0.2, -0.15) is 0 Å². The van der Waals surface area contributed by atoms with Gasteiger partial charge in [-0.15, -0.1) is 0 Å². The zero-order valence-electron chi connectivity index (χ0n) is 17.7. The number of nitrogens with one attached hydrogen (secondary N) is 3. The van der Waals surface area contributed by atoms with Crippen molar-refractivity contribution in [3.05, 3.63) is 60.7 Å². The summed E-state index contributed by atoms with van der Waals surface area (Å²) in [6, 6.07) is 17.4. The molecular formula is C22H26N4O4S2. The van der Waals surface area contributed by atoms with Gasteiger partial charge in [-0.05, 0) is 42.6 Å². The summed E-state index contributed by atoms with van der Waals surface area (Å²) in [6.45, 7) is 3.35. The second-order valence-electron chi connectivity index (χ2n) is 7.78. The van der Waals surface area contributed by atoms with E-state index in [1.165, 1.54) is 6.07 Å². The van der Waals surface area contributed by atoms with Crippen LogP contribution in [0.25, 0.3) is 10.8 Å². The molecule has 0 spiro atoms. The fourth-order valence-corrected chi connectivity index (χ4v) is 5.71. The van der Waals surface area contributed by atoms with Crippen molar-refractivity contribution in [2.24, 2.45) is 0 Å². The average Bonchev–Trinajstić information content (AvgIpc) is 3.03. The number of hydrogen-bond donors (Lipinski definition) is 3. The second kappa shape index (κ2) is 8.97. The zero-order valence-corrected chi connectivity index (χ0v) is 19.3. The molecule has 3 N–H and O–H groups in total. The standard InChI is InChI=1S/C22H26N4O4S2/c1-31(27,28)24-21-16-18(26-14-5-12-23-13-15-26)10-11-20(21)25-32(29,30)22-9-4-7-17-6-2-3-8-19(17)22/h2-4,6-11,16,23-25H,5,12-15H2,1H3. The third-order valence-electron chi connectivity index (χ3n) is 5.29. The summed E-state index contributed by atoms with van der Waals surface area (Å²) in [5.41, 5.74) is 1.18. The van der Waals surface area contributed by atoms with Crippen LogP contribution in [0.1, 0.15) is 6.42 Å². The average molecular weight is 475 g/mol. The highest BCUT2D eigenvalue weighted by atomic mass is 32.2. The Morgan fingerprint density at radius 3 is 2.44 bits per heavy atom. The molecular weight excluding hydrogens is 448 g/mol. The van der Waals surface area contributed by atoms with Crippen LogP contribution in [0.2, 0.25) is 0 Å². The Kier molecular flexibility index (Phi) is 6.27. The van der Waals surface area contributed by atoms with Crippen molar-refractivity contribution in [3.8, 4) is 0 Å². The van der Waals surface area contributed by atoms with Gasteiger partial charge in [0.2, 0.25) is 10.0 Å². The largest absolute Gasteiger partial charge is 0.370 e. The van der Waals surface area contributed by atoms with E-state index in [-0.39, 0.29) is 16.3 Å². The van der Waals surface area contributed by atoms with Crippen molar-refractivity contribution in [1.82, 2.24) is 5.32 Å². The summed E-state index contributed by atoms with van der Waals surface area (Å²) >= 11 is 0. The number of benzene rings is 3. The van der Waals surface area contributed by atoms with E-state index >= 15 is 0 Å². The first kappa shape index (κ1) is 22.4. The molecule has 0 aliphatic carbocycles. The third-order valence-corrected chi connectivity index (χ3v) is 7.30. The second-order valence-corrected chi connectivity index (χ2v) is 11.2. The Morgan fingerprint density at radius 2 is 1.62 bits per heavy atom. The number of rotatable bonds is 6. The fourth-order valence-electron chi connectivity index (χ4n) is 3.84. The smallest absolute Gasteiger partial charge is 0.262 e. The lowest BCUT2D eigenvalue weighted by Gasteiger charge is -2.24. The van der Waals surface area contributed by atoms with Gasteiger partial charge < -0.3 is 10.2 Å². The Labute approximate surface area is 188 Å². The topological polar surface area (TPSA) is 108 Å². The number of fused-ring (bicyclic) bond motifs is 1. The highest BCUT2D eigenvalue weighted by molar-refractivity contribution is 7.93. The molecule has 1 fully saturated rings. The van der Waals surface area contributed by atoms with Crippen LogP contribution >= 0.6 is 0 Å². The normalized spacial score (nSPS) is 15.3. The lowest BCUT2D eigenvalue weighted by molar-refractivity contribution is 0.601. The predicted octanol–water partition coefficient (Wildman–Crippen LogP) is 2.81. The van der Waals surface area contributed by atoms with Gasteiger partial charge in [0.25, 0.3) is 10.0 Å². The summed E-state index contributed by atoms with van der Waals surface area (Å²) in [5.74, 6) is 0. The highest BCUT2D eigenvalue weighted by Gasteiger charge is 2.21. The molecule has 0 atom stereocenters. The fraction of sp³-hybridized carbons (Fsp3) is 0.273. The molecule has 1 saturated heterocycles. The molecule has 3 aromatic carbocycles. The lowest BCUT2D eigenvalue weighted by atomic mass is 10.1. The number of sulfonamides is 2. The Hall–Kier alpha value is -2.82. The van der Waals surface area contributed by atoms with E-state index in [9.17, 15) is 16.8 Å². The number of nitrogens with zero attached hydrogens (tertiary/aromatic N) is 1. The van der Waals surface area contributed by atoms with Crippen molar-refractivity contribution < 1.29 is 16.8 Å². The van der Waals surface area contributed by atoms with Crippen molar-refractivity contribution >= 4 is 47.9 Å². The van der Waals surface area contributed by atoms with Gasteiger partial charge in [-0.25, -0.2) is 16.8 Å². The van der Waals surface area contributed by atoms with Crippen LogP contribution < -0.4 is 19.7 Å². The van der Waals surface area contributed by atoms with E-state index in [4.69, 9.17) is 0 Å². The SMILES string of the molecule is CS(=O)(=O)Nc1cc(N2CCCNCC2)ccc1NS(=O)(=O)c1cccc2ccccc12. The predicted molar refractivity (Wildman–Crippen MR) is 129 cm³/mol. The highest BCUT2D eigenvalue weighted by Crippen LogP contribution is 2.32. The molecule has 1 aliphatic rings. The molecule has 3 aromatic rings. The Balaban J connectivity index is 1.73. The molecule has 0 radical (unpaired) electrons. The maximum absolute atomic E-state index is 13.3. The van der Waals surface area contributed by atoms with E-state index in [2.05, 4.69) is 19.7 Å². The van der Waals surface area contributed by atoms with Gasteiger partial charge in [0.15, 0.2) is 0 Å². The van der Waals surface area contributed by atoms with Crippen molar-refractivity contribution in [1.29, 1.82) is 0 Å². The van der Waals surface area contributed by atoms with Crippen molar-refractivity contribution in [2.45, 2.75) is 11.3 Å². The Morgan fingerprint density at radius 1 is 0.844 bits per heavy atom. The van der Waals surface area contributed by atoms with Gasteiger partial charge in [0.05, 0.1) is 22.5 Å². The summed E-state index contributed by atoms with van der Waals surface area (Å²) in [5, 5.41) is 4.72. The molecule has 1 aliphatic heterocycles. The van der Waals surface area contributed by atoms with E-state index in [0.717, 1.165) is 49.9 Å². The van der Waals surface area contributed by atoms with Crippen molar-refractivity contribution in [3.63, 3.8) is 0 Å². The van der Waals surface area contributed by atoms with E-state index in [1.54, 1.807) is 36.4 Å². The third kappa shape index (κ3) is 5.14. The first-order chi connectivity index (χ1) is 15.2. The summed E-state index contributed by atoms with van der Waals surface area (Å²) in [7, 11) is -7.59. The monoisotopic (exact) mass is 474 g/mol. The molecule has 0 bridgehead atoms. The van der Waals surface area contributed by atoms with Gasteiger partial charge in [0, 0.05) is 30.7 Å². The van der Waals surface area contributed by atoms with Crippen molar-refractivity contribution in [2.75, 3.05) is 46.8 Å². The maximum Gasteiger partial charge on any atom is 0.262 e. The first-order valence-electron chi connectivity index (χ1n) is 10.3. The molecule has 1 heterocycles. The quantitative estimate of drug-likeness (QED) is 0.507. The molecule has 0 amide bonds. The van der Waals surface area contributed by atoms with E-state index in [1.807, 2.05) is 18.2 Å². The van der Waals surface area contributed by atoms with Gasteiger partial charge in [-0.3, -0.25) is 9.44 Å². The molecule has 0 aromatic heterocycles. The van der Waals surface area contributed by atoms with Crippen LogP contribution in [0.5, 0.6) is 0 Å². The van der Waals surface area contributed by atoms with Crippen LogP contribution in [0, 0.1) is 0 Å². The zero-order chi connectivity index (χ0) is 22.8. The van der Waals surface area contributed by atoms with E-state index < -0.39 is 20.0 Å². The Bertz CT molecular complexity index is 1330. The molecule has 10 heteroatoms. The minimum atomic E-state index is -3.97. The van der Waals surface area contributed by atoms with Gasteiger partial charge in [-0.1, -0.05) is 36.4 Å². The lowest BCUT2D eigenvalue weighted by Crippen LogP contribution is -2.28. The van der Waals surface area contributed by atoms with E-state index in [0.29, 0.717) is 5.39 Å². The van der Waals surface area contributed by atoms with Crippen LogP contribution in [-0.2, 0) is 20.0 Å². The minimum Gasteiger partial charge on any atom is -0.370 e. The first-order valence-corrected chi connectivity index (χ1v) is 13.7. The van der Waals surface area contributed by atoms with Gasteiger partial charge in [0.1, 0.15) is 0 Å². The summed E-state index contributed by atoms with van der Waals surface area (Å²) in [4.78, 5) is 2.28. The number of anilines is 3. The molecule has 0 unspecified atom stereocenters. The van der Waals surface area contributed by atoms with Crippen LogP contribution in [0.4, 0.5) is 17.1 Å². The van der Waals surface area contributed by atoms with Crippen LogP contribution in [-0.4, -0.2) is 49.3 Å². The molecule has 0 saturated carbocycles. The number of hydrogen-bond acceptors (Lipinski definition) is 6. The summed E-state index contributed by atoms with van der Waals surface area (Å²) in [6.07, 6.45) is 2.00. The molecule has 8 nitrogen and oxygen atoms in total. The molecule has 170 valence electrons. The van der Waals surface area contributed by atoms with Gasteiger partial charge >= 0.3 is 0 Å². The van der Waals surface area contributed by atoms with Crippen LogP contribution in [0.15, 0.2) is 65.6 Å². The minimum absolute atomic E-state index is 0.128. The van der Waals surface area contributed by atoms with Crippen LogP contribution in [0.3, 0.4) is 0 Å². The molecule has 4 rings (SSSR count). The maximum atomic E-state index is 13.3. The summed E-state index contributed by atoms with van der Waals surface area (Å²) < 4.78 is 55.5. The molecule has 32 heavy (non-hydrogen) atoms.